The second kappa shape index (κ2) is 11.7. The molecule has 2 fully saturated rings. The lowest BCUT2D eigenvalue weighted by Crippen LogP contribution is -2.51. The molecule has 1 aliphatic carbocycles. The van der Waals surface area contributed by atoms with Crippen LogP contribution in [0.4, 0.5) is 0 Å². The maximum atomic E-state index is 13.8. The van der Waals surface area contributed by atoms with E-state index in [9.17, 15) is 23.2 Å². The zero-order chi connectivity index (χ0) is 27.6. The molecular weight excluding hydrogens is 526 g/mol. The Morgan fingerprint density at radius 1 is 1.13 bits per heavy atom. The van der Waals surface area contributed by atoms with Crippen molar-refractivity contribution in [2.24, 2.45) is 5.92 Å². The van der Waals surface area contributed by atoms with Crippen LogP contribution in [0.5, 0.6) is 0 Å². The number of hydrogen-bond acceptors (Lipinski definition) is 6. The van der Waals surface area contributed by atoms with Crippen LogP contribution < -0.4 is 5.48 Å². The maximum Gasteiger partial charge on any atom is 0.241 e. The van der Waals surface area contributed by atoms with Crippen LogP contribution in [-0.2, 0) is 14.6 Å². The van der Waals surface area contributed by atoms with Gasteiger partial charge in [-0.15, -0.1) is 0 Å². The summed E-state index contributed by atoms with van der Waals surface area (Å²) in [7, 11) is -1.55. The molecule has 0 radical (unpaired) electrons. The molecule has 0 bridgehead atoms. The van der Waals surface area contributed by atoms with Crippen molar-refractivity contribution in [1.82, 2.24) is 15.3 Å². The number of carbonyl (C=O) groups is 2. The number of benzene rings is 2. The van der Waals surface area contributed by atoms with Gasteiger partial charge in [-0.1, -0.05) is 29.8 Å². The quantitative estimate of drug-likeness (QED) is 0.484. The number of sulfone groups is 1. The van der Waals surface area contributed by atoms with Crippen molar-refractivity contribution in [3.8, 4) is 0 Å². The highest BCUT2D eigenvalue weighted by molar-refractivity contribution is 7.91. The fourth-order valence-corrected chi connectivity index (χ4v) is 7.80. The highest BCUT2D eigenvalue weighted by Gasteiger charge is 2.44. The minimum absolute atomic E-state index is 0.0641. The third-order valence-corrected chi connectivity index (χ3v) is 10.3. The molecule has 38 heavy (non-hydrogen) atoms. The van der Waals surface area contributed by atoms with Gasteiger partial charge in [0.15, 0.2) is 9.84 Å². The molecule has 0 unspecified atom stereocenters. The van der Waals surface area contributed by atoms with Crippen LogP contribution in [0.2, 0.25) is 5.02 Å². The van der Waals surface area contributed by atoms with E-state index in [1.54, 1.807) is 36.4 Å². The Balaban J connectivity index is 1.61. The second-order valence-corrected chi connectivity index (χ2v) is 13.2. The predicted molar refractivity (Wildman–Crippen MR) is 148 cm³/mol. The summed E-state index contributed by atoms with van der Waals surface area (Å²) in [4.78, 5) is 30.3. The maximum absolute atomic E-state index is 13.8. The Morgan fingerprint density at radius 3 is 2.47 bits per heavy atom. The smallest absolute Gasteiger partial charge is 0.241 e. The second-order valence-electron chi connectivity index (χ2n) is 10.7. The Morgan fingerprint density at radius 2 is 1.82 bits per heavy atom. The van der Waals surface area contributed by atoms with E-state index in [1.165, 1.54) is 17.6 Å². The molecule has 2 aliphatic rings. The van der Waals surface area contributed by atoms with Crippen LogP contribution in [0.1, 0.15) is 61.4 Å². The molecule has 2 aromatic carbocycles. The zero-order valence-corrected chi connectivity index (χ0v) is 23.5. The van der Waals surface area contributed by atoms with Gasteiger partial charge >= 0.3 is 0 Å². The molecule has 0 aromatic heterocycles. The van der Waals surface area contributed by atoms with Crippen molar-refractivity contribution in [1.29, 1.82) is 0 Å². The summed E-state index contributed by atoms with van der Waals surface area (Å²) >= 11 is 5.98. The number of rotatable bonds is 8. The lowest BCUT2D eigenvalue weighted by molar-refractivity contribution is -0.132. The monoisotopic (exact) mass is 560 g/mol. The van der Waals surface area contributed by atoms with E-state index in [-0.39, 0.29) is 40.1 Å². The van der Waals surface area contributed by atoms with Crippen molar-refractivity contribution >= 4 is 33.3 Å². The highest BCUT2D eigenvalue weighted by Crippen LogP contribution is 2.39. The Bertz CT molecular complexity index is 1270. The predicted octanol–water partition coefficient (Wildman–Crippen LogP) is 4.23. The van der Waals surface area contributed by atoms with Gasteiger partial charge in [-0.3, -0.25) is 9.59 Å². The molecule has 8 nitrogen and oxygen atoms in total. The lowest BCUT2D eigenvalue weighted by Gasteiger charge is -2.44. The van der Waals surface area contributed by atoms with Crippen LogP contribution in [-0.4, -0.2) is 67.5 Å². The molecule has 1 heterocycles. The van der Waals surface area contributed by atoms with E-state index in [0.29, 0.717) is 42.4 Å². The minimum Gasteiger partial charge on any atom is -0.759 e. The number of likely N-dealkylation sites (tertiary alicyclic amines) is 1. The van der Waals surface area contributed by atoms with E-state index in [0.717, 1.165) is 6.42 Å². The van der Waals surface area contributed by atoms with Gasteiger partial charge in [0.1, 0.15) is 0 Å². The number of hydroxylamine groups is 1. The van der Waals surface area contributed by atoms with E-state index < -0.39 is 21.7 Å². The van der Waals surface area contributed by atoms with Crippen LogP contribution >= 0.6 is 11.6 Å². The number of amides is 2. The molecule has 1 aliphatic heterocycles. The van der Waals surface area contributed by atoms with Gasteiger partial charge in [0, 0.05) is 35.3 Å². The van der Waals surface area contributed by atoms with Crippen molar-refractivity contribution in [3.05, 3.63) is 69.9 Å². The van der Waals surface area contributed by atoms with E-state index in [2.05, 4.69) is 25.8 Å². The van der Waals surface area contributed by atoms with Gasteiger partial charge in [0.25, 0.3) is 0 Å². The Hall–Kier alpha value is -2.46. The first-order chi connectivity index (χ1) is 18.0. The molecule has 10 heteroatoms. The average molecular weight is 561 g/mol. The molecule has 1 saturated heterocycles. The Labute approximate surface area is 229 Å². The van der Waals surface area contributed by atoms with Gasteiger partial charge in [-0.25, -0.2) is 8.42 Å². The highest BCUT2D eigenvalue weighted by atomic mass is 35.5. The molecule has 4 atom stereocenters. The molecular formula is C28H35ClN3O5S-. The third kappa shape index (κ3) is 5.91. The number of halogens is 1. The van der Waals surface area contributed by atoms with Crippen molar-refractivity contribution in [2.45, 2.75) is 68.5 Å². The van der Waals surface area contributed by atoms with Crippen LogP contribution in [0.25, 0.3) is 0 Å². The molecule has 1 N–H and O–H groups in total. The summed E-state index contributed by atoms with van der Waals surface area (Å²) in [5.41, 5.74) is 2.15. The fourth-order valence-electron chi connectivity index (χ4n) is 6.01. The van der Waals surface area contributed by atoms with Crippen molar-refractivity contribution < 1.29 is 18.0 Å². The number of carbonyl (C=O) groups excluding carboxylic acids is 2. The van der Waals surface area contributed by atoms with Crippen LogP contribution in [0.3, 0.4) is 0 Å². The zero-order valence-electron chi connectivity index (χ0n) is 22.0. The largest absolute Gasteiger partial charge is 0.759 e. The number of nitrogens with one attached hydrogen (secondary N) is 1. The van der Waals surface area contributed by atoms with Gasteiger partial charge in [-0.2, -0.15) is 0 Å². The SMILES string of the molecule is CC(C)N(C)[C@@H]1CC[C@H](N2CC[C@@H](c3ccccc3C(=O)N[O-])C2=O)[C@H](CS(=O)(=O)c2ccc(Cl)cc2)C1. The van der Waals surface area contributed by atoms with Gasteiger partial charge in [0.2, 0.25) is 11.8 Å². The summed E-state index contributed by atoms with van der Waals surface area (Å²) in [6, 6.07) is 13.2. The summed E-state index contributed by atoms with van der Waals surface area (Å²) in [5, 5.41) is 11.5. The van der Waals surface area contributed by atoms with Crippen LogP contribution in [0, 0.1) is 11.1 Å². The first-order valence-electron chi connectivity index (χ1n) is 13.1. The summed E-state index contributed by atoms with van der Waals surface area (Å²) in [6.07, 6.45) is 2.73. The number of nitrogens with zero attached hydrogens (tertiary/aromatic N) is 2. The molecule has 2 aromatic rings. The van der Waals surface area contributed by atoms with Crippen LogP contribution in [0.15, 0.2) is 53.4 Å². The molecule has 206 valence electrons. The standard InChI is InChI=1S/C28H35ClN3O5S/c1-18(2)31(3)21-10-13-26(19(16-21)17-38(36,37)22-11-8-20(29)9-12-22)32-15-14-25(28(32)34)23-6-4-5-7-24(23)27(33)30-35/h4-9,11-12,18-19,21,25-26H,10,13-17H2,1-3H3,(H-,30,33,35)/q-1/t19-,21+,25-,26-/m0/s1. The molecule has 2 amide bonds. The summed E-state index contributed by atoms with van der Waals surface area (Å²) in [5.74, 6) is -1.75. The summed E-state index contributed by atoms with van der Waals surface area (Å²) < 4.78 is 26.9. The van der Waals surface area contributed by atoms with E-state index in [1.807, 2.05) is 4.90 Å². The van der Waals surface area contributed by atoms with E-state index >= 15 is 0 Å². The average Bonchev–Trinajstić information content (AvgIpc) is 3.28. The number of hydrogen-bond donors (Lipinski definition) is 1. The van der Waals surface area contributed by atoms with E-state index in [4.69, 9.17) is 11.6 Å². The molecule has 0 spiro atoms. The minimum atomic E-state index is -3.62. The lowest BCUT2D eigenvalue weighted by atomic mass is 9.80. The van der Waals surface area contributed by atoms with Gasteiger partial charge in [0.05, 0.1) is 16.6 Å². The first-order valence-corrected chi connectivity index (χ1v) is 15.1. The topological polar surface area (TPSA) is 110 Å². The van der Waals surface area contributed by atoms with Crippen molar-refractivity contribution in [3.63, 3.8) is 0 Å². The third-order valence-electron chi connectivity index (χ3n) is 8.23. The first kappa shape index (κ1) is 28.5. The van der Waals surface area contributed by atoms with Gasteiger partial charge < -0.3 is 20.5 Å². The molecule has 1 saturated carbocycles. The molecule has 4 rings (SSSR count). The fraction of sp³-hybridized carbons (Fsp3) is 0.500. The normalized spacial score (nSPS) is 24.3. The van der Waals surface area contributed by atoms with Crippen molar-refractivity contribution in [2.75, 3.05) is 19.3 Å². The van der Waals surface area contributed by atoms with Gasteiger partial charge in [-0.05, 0) is 88.4 Å². The summed E-state index contributed by atoms with van der Waals surface area (Å²) in [6.45, 7) is 4.72. The Kier molecular flexibility index (Phi) is 8.82.